The van der Waals surface area contributed by atoms with Gasteiger partial charge in [-0.05, 0) is 68.9 Å². The maximum atomic E-state index is 13.6. The molecular weight excluding hydrogens is 213 g/mol. The summed E-state index contributed by atoms with van der Waals surface area (Å²) in [5.41, 5.74) is 1.96. The summed E-state index contributed by atoms with van der Waals surface area (Å²) in [5.74, 6) is -0.0360. The Morgan fingerprint density at radius 3 is 2.65 bits per heavy atom. The molecule has 94 valence electrons. The predicted molar refractivity (Wildman–Crippen MR) is 69.8 cm³/mol. The summed E-state index contributed by atoms with van der Waals surface area (Å²) in [6.07, 6.45) is 5.61. The third kappa shape index (κ3) is 3.53. The first-order chi connectivity index (χ1) is 8.29. The molecule has 2 heteroatoms. The van der Waals surface area contributed by atoms with Crippen LogP contribution in [0.15, 0.2) is 18.2 Å². The Kier molecular flexibility index (Phi) is 4.55. The van der Waals surface area contributed by atoms with Gasteiger partial charge in [-0.2, -0.15) is 0 Å². The standard InChI is InChI=1S/C15H22FN/c1-2-14-8-7-13(12-15(14)16)6-5-11-17-9-3-4-10-17/h7-8,12H,2-6,9-11H2,1H3. The molecule has 0 radical (unpaired) electrons. The molecule has 0 N–H and O–H groups in total. The topological polar surface area (TPSA) is 3.24 Å². The molecule has 0 aromatic heterocycles. The lowest BCUT2D eigenvalue weighted by Gasteiger charge is -2.14. The second kappa shape index (κ2) is 6.15. The number of likely N-dealkylation sites (tertiary alicyclic amines) is 1. The minimum absolute atomic E-state index is 0.0360. The molecule has 0 spiro atoms. The van der Waals surface area contributed by atoms with Crippen LogP contribution < -0.4 is 0 Å². The first-order valence-corrected chi connectivity index (χ1v) is 6.79. The molecule has 17 heavy (non-hydrogen) atoms. The van der Waals surface area contributed by atoms with Crippen molar-refractivity contribution in [2.24, 2.45) is 0 Å². The summed E-state index contributed by atoms with van der Waals surface area (Å²) in [6, 6.07) is 5.72. The molecule has 1 fully saturated rings. The third-order valence-electron chi connectivity index (χ3n) is 3.64. The quantitative estimate of drug-likeness (QED) is 0.756. The summed E-state index contributed by atoms with van der Waals surface area (Å²) < 4.78 is 13.6. The summed E-state index contributed by atoms with van der Waals surface area (Å²) >= 11 is 0. The Hall–Kier alpha value is -0.890. The van der Waals surface area contributed by atoms with Crippen LogP contribution in [0.4, 0.5) is 4.39 Å². The average Bonchev–Trinajstić information content (AvgIpc) is 2.82. The summed E-state index contributed by atoms with van der Waals surface area (Å²) in [4.78, 5) is 2.51. The predicted octanol–water partition coefficient (Wildman–Crippen LogP) is 3.42. The van der Waals surface area contributed by atoms with Crippen LogP contribution in [0.5, 0.6) is 0 Å². The van der Waals surface area contributed by atoms with Gasteiger partial charge in [0.1, 0.15) is 5.82 Å². The maximum Gasteiger partial charge on any atom is 0.126 e. The van der Waals surface area contributed by atoms with E-state index in [4.69, 9.17) is 0 Å². The van der Waals surface area contributed by atoms with Crippen LogP contribution in [0, 0.1) is 5.82 Å². The Bertz CT molecular complexity index is 356. The van der Waals surface area contributed by atoms with Gasteiger partial charge in [0.25, 0.3) is 0 Å². The van der Waals surface area contributed by atoms with E-state index in [1.165, 1.54) is 25.9 Å². The van der Waals surface area contributed by atoms with Gasteiger partial charge in [0, 0.05) is 0 Å². The largest absolute Gasteiger partial charge is 0.303 e. The minimum atomic E-state index is -0.0360. The van der Waals surface area contributed by atoms with Crippen LogP contribution in [0.25, 0.3) is 0 Å². The fraction of sp³-hybridized carbons (Fsp3) is 0.600. The molecule has 1 aromatic carbocycles. The van der Waals surface area contributed by atoms with Crippen LogP contribution in [0.2, 0.25) is 0 Å². The van der Waals surface area contributed by atoms with Crippen molar-refractivity contribution in [3.05, 3.63) is 35.1 Å². The van der Waals surface area contributed by atoms with E-state index in [1.807, 2.05) is 13.0 Å². The van der Waals surface area contributed by atoms with Crippen LogP contribution in [0.3, 0.4) is 0 Å². The van der Waals surface area contributed by atoms with E-state index in [0.717, 1.165) is 36.9 Å². The molecule has 1 heterocycles. The number of nitrogens with zero attached hydrogens (tertiary/aromatic N) is 1. The average molecular weight is 235 g/mol. The Balaban J connectivity index is 1.80. The van der Waals surface area contributed by atoms with E-state index in [1.54, 1.807) is 6.07 Å². The zero-order valence-electron chi connectivity index (χ0n) is 10.7. The Morgan fingerprint density at radius 2 is 2.00 bits per heavy atom. The fourth-order valence-corrected chi connectivity index (χ4v) is 2.55. The van der Waals surface area contributed by atoms with E-state index < -0.39 is 0 Å². The summed E-state index contributed by atoms with van der Waals surface area (Å²) in [6.45, 7) is 5.66. The van der Waals surface area contributed by atoms with Gasteiger partial charge in [-0.3, -0.25) is 0 Å². The van der Waals surface area contributed by atoms with E-state index in [-0.39, 0.29) is 5.82 Å². The molecule has 1 nitrogen and oxygen atoms in total. The number of aryl methyl sites for hydroxylation is 2. The van der Waals surface area contributed by atoms with Gasteiger partial charge < -0.3 is 4.90 Å². The highest BCUT2D eigenvalue weighted by atomic mass is 19.1. The van der Waals surface area contributed by atoms with Crippen LogP contribution in [-0.4, -0.2) is 24.5 Å². The minimum Gasteiger partial charge on any atom is -0.303 e. The van der Waals surface area contributed by atoms with E-state index in [9.17, 15) is 4.39 Å². The zero-order chi connectivity index (χ0) is 12.1. The van der Waals surface area contributed by atoms with Crippen molar-refractivity contribution in [2.45, 2.75) is 39.0 Å². The van der Waals surface area contributed by atoms with Gasteiger partial charge in [0.15, 0.2) is 0 Å². The van der Waals surface area contributed by atoms with Crippen molar-refractivity contribution in [2.75, 3.05) is 19.6 Å². The lowest BCUT2D eigenvalue weighted by Crippen LogP contribution is -2.20. The summed E-state index contributed by atoms with van der Waals surface area (Å²) in [7, 11) is 0. The Morgan fingerprint density at radius 1 is 1.24 bits per heavy atom. The van der Waals surface area contributed by atoms with Crippen molar-refractivity contribution in [3.8, 4) is 0 Å². The lowest BCUT2D eigenvalue weighted by atomic mass is 10.1. The summed E-state index contributed by atoms with van der Waals surface area (Å²) in [5, 5.41) is 0. The monoisotopic (exact) mass is 235 g/mol. The molecule has 0 atom stereocenters. The van der Waals surface area contributed by atoms with Gasteiger partial charge in [0.05, 0.1) is 0 Å². The number of hydrogen-bond donors (Lipinski definition) is 0. The zero-order valence-corrected chi connectivity index (χ0v) is 10.7. The fourth-order valence-electron chi connectivity index (χ4n) is 2.55. The third-order valence-corrected chi connectivity index (χ3v) is 3.64. The van der Waals surface area contributed by atoms with E-state index >= 15 is 0 Å². The number of benzene rings is 1. The SMILES string of the molecule is CCc1ccc(CCCN2CCCC2)cc1F. The highest BCUT2D eigenvalue weighted by molar-refractivity contribution is 5.24. The van der Waals surface area contributed by atoms with Crippen molar-refractivity contribution < 1.29 is 4.39 Å². The van der Waals surface area contributed by atoms with Crippen molar-refractivity contribution in [1.82, 2.24) is 4.90 Å². The molecule has 0 amide bonds. The van der Waals surface area contributed by atoms with Crippen LogP contribution >= 0.6 is 0 Å². The van der Waals surface area contributed by atoms with Gasteiger partial charge in [-0.25, -0.2) is 4.39 Å². The number of rotatable bonds is 5. The van der Waals surface area contributed by atoms with Gasteiger partial charge >= 0.3 is 0 Å². The Labute approximate surface area is 104 Å². The molecule has 0 bridgehead atoms. The van der Waals surface area contributed by atoms with E-state index in [2.05, 4.69) is 11.0 Å². The first kappa shape index (κ1) is 12.6. The molecule has 1 aliphatic heterocycles. The molecule has 0 aliphatic carbocycles. The molecule has 0 saturated carbocycles. The van der Waals surface area contributed by atoms with E-state index in [0.29, 0.717) is 0 Å². The molecular formula is C15H22FN. The normalized spacial score (nSPS) is 16.6. The van der Waals surface area contributed by atoms with Crippen molar-refractivity contribution >= 4 is 0 Å². The molecule has 1 saturated heterocycles. The first-order valence-electron chi connectivity index (χ1n) is 6.79. The van der Waals surface area contributed by atoms with Crippen LogP contribution in [0.1, 0.15) is 37.3 Å². The maximum absolute atomic E-state index is 13.6. The van der Waals surface area contributed by atoms with Crippen LogP contribution in [-0.2, 0) is 12.8 Å². The molecule has 1 aliphatic rings. The van der Waals surface area contributed by atoms with Gasteiger partial charge in [-0.1, -0.05) is 19.1 Å². The highest BCUT2D eigenvalue weighted by Crippen LogP contribution is 2.14. The second-order valence-corrected chi connectivity index (χ2v) is 4.93. The van der Waals surface area contributed by atoms with Crippen molar-refractivity contribution in [1.29, 1.82) is 0 Å². The van der Waals surface area contributed by atoms with Gasteiger partial charge in [-0.15, -0.1) is 0 Å². The van der Waals surface area contributed by atoms with Crippen molar-refractivity contribution in [3.63, 3.8) is 0 Å². The van der Waals surface area contributed by atoms with Gasteiger partial charge in [0.2, 0.25) is 0 Å². The smallest absolute Gasteiger partial charge is 0.126 e. The lowest BCUT2D eigenvalue weighted by molar-refractivity contribution is 0.334. The molecule has 0 unspecified atom stereocenters. The number of halogens is 1. The molecule has 1 aromatic rings. The number of hydrogen-bond acceptors (Lipinski definition) is 1. The molecule has 2 rings (SSSR count). The second-order valence-electron chi connectivity index (χ2n) is 4.93. The highest BCUT2D eigenvalue weighted by Gasteiger charge is 2.10.